The lowest BCUT2D eigenvalue weighted by atomic mass is 10.1. The molecule has 3 aromatic carbocycles. The average molecular weight is 476 g/mol. The zero-order chi connectivity index (χ0) is 21.6. The Balaban J connectivity index is 1.43. The number of nitrogens with one attached hydrogen (secondary N) is 1. The summed E-state index contributed by atoms with van der Waals surface area (Å²) in [4.78, 5) is 2.37. The van der Waals surface area contributed by atoms with E-state index in [0.717, 1.165) is 46.4 Å². The molecule has 0 radical (unpaired) electrons. The monoisotopic (exact) mass is 474 g/mol. The van der Waals surface area contributed by atoms with E-state index in [-0.39, 0.29) is 0 Å². The predicted molar refractivity (Wildman–Crippen MR) is 132 cm³/mol. The van der Waals surface area contributed by atoms with Crippen LogP contribution >= 0.6 is 34.8 Å². The van der Waals surface area contributed by atoms with Gasteiger partial charge in [-0.3, -0.25) is 0 Å². The Hall–Kier alpha value is -2.07. The van der Waals surface area contributed by atoms with Crippen molar-refractivity contribution in [3.05, 3.63) is 86.9 Å². The first kappa shape index (κ1) is 22.1. The summed E-state index contributed by atoms with van der Waals surface area (Å²) in [7, 11) is 0. The molecule has 6 heteroatoms. The van der Waals surface area contributed by atoms with Crippen LogP contribution in [0.5, 0.6) is 5.75 Å². The Bertz CT molecular complexity index is 1040. The minimum Gasteiger partial charge on any atom is -0.489 e. The smallest absolute Gasteiger partial charge is 0.124 e. The SMILES string of the molecule is Clc1cccc(COc2ccc(Cl)cc2CNc2ccc(N3CCCCC3)c(Cl)c2)c1. The molecule has 0 unspecified atom stereocenters. The molecule has 0 atom stereocenters. The van der Waals surface area contributed by atoms with Gasteiger partial charge in [-0.2, -0.15) is 0 Å². The highest BCUT2D eigenvalue weighted by Crippen LogP contribution is 2.32. The average Bonchev–Trinajstić information content (AvgIpc) is 2.78. The van der Waals surface area contributed by atoms with Gasteiger partial charge in [0, 0.05) is 40.9 Å². The third-order valence-electron chi connectivity index (χ3n) is 5.43. The van der Waals surface area contributed by atoms with Crippen molar-refractivity contribution in [2.24, 2.45) is 0 Å². The zero-order valence-electron chi connectivity index (χ0n) is 17.2. The molecular formula is C25H25Cl3N2O. The van der Waals surface area contributed by atoms with E-state index in [1.807, 2.05) is 48.5 Å². The number of anilines is 2. The first-order valence-electron chi connectivity index (χ1n) is 10.5. The maximum absolute atomic E-state index is 6.59. The van der Waals surface area contributed by atoms with Crippen LogP contribution in [0.2, 0.25) is 15.1 Å². The molecule has 0 bridgehead atoms. The molecule has 1 saturated heterocycles. The summed E-state index contributed by atoms with van der Waals surface area (Å²) in [6.45, 7) is 3.15. The number of ether oxygens (including phenoxy) is 1. The molecule has 3 nitrogen and oxygen atoms in total. The molecule has 1 aliphatic rings. The van der Waals surface area contributed by atoms with Gasteiger partial charge in [-0.25, -0.2) is 0 Å². The van der Waals surface area contributed by atoms with Crippen LogP contribution in [0.3, 0.4) is 0 Å². The normalized spacial score (nSPS) is 13.8. The van der Waals surface area contributed by atoms with Crippen LogP contribution in [0.4, 0.5) is 11.4 Å². The molecule has 1 fully saturated rings. The Morgan fingerprint density at radius 2 is 1.65 bits per heavy atom. The summed E-state index contributed by atoms with van der Waals surface area (Å²) >= 11 is 18.9. The molecule has 0 aromatic heterocycles. The van der Waals surface area contributed by atoms with Crippen molar-refractivity contribution in [3.63, 3.8) is 0 Å². The molecule has 0 spiro atoms. The Morgan fingerprint density at radius 3 is 2.42 bits per heavy atom. The second-order valence-electron chi connectivity index (χ2n) is 7.74. The number of benzene rings is 3. The summed E-state index contributed by atoms with van der Waals surface area (Å²) in [6, 6.07) is 19.5. The van der Waals surface area contributed by atoms with E-state index in [1.165, 1.54) is 19.3 Å². The summed E-state index contributed by atoms with van der Waals surface area (Å²) in [6.07, 6.45) is 3.75. The van der Waals surface area contributed by atoms with E-state index >= 15 is 0 Å². The summed E-state index contributed by atoms with van der Waals surface area (Å²) in [5.74, 6) is 0.785. The fourth-order valence-corrected chi connectivity index (χ4v) is 4.53. The van der Waals surface area contributed by atoms with Crippen LogP contribution in [-0.4, -0.2) is 13.1 Å². The molecular weight excluding hydrogens is 451 g/mol. The van der Waals surface area contributed by atoms with Gasteiger partial charge in [-0.15, -0.1) is 0 Å². The first-order valence-corrected chi connectivity index (χ1v) is 11.7. The summed E-state index contributed by atoms with van der Waals surface area (Å²) < 4.78 is 6.05. The van der Waals surface area contributed by atoms with Crippen LogP contribution in [0.25, 0.3) is 0 Å². The fourth-order valence-electron chi connectivity index (χ4n) is 3.82. The Labute approximate surface area is 198 Å². The molecule has 0 saturated carbocycles. The summed E-state index contributed by atoms with van der Waals surface area (Å²) in [5.41, 5.74) is 4.07. The number of hydrogen-bond acceptors (Lipinski definition) is 3. The Kier molecular flexibility index (Phi) is 7.49. The van der Waals surface area contributed by atoms with Crippen LogP contribution in [0.1, 0.15) is 30.4 Å². The van der Waals surface area contributed by atoms with E-state index in [2.05, 4.69) is 22.3 Å². The minimum absolute atomic E-state index is 0.436. The van der Waals surface area contributed by atoms with Gasteiger partial charge in [0.05, 0.1) is 10.7 Å². The van der Waals surface area contributed by atoms with Gasteiger partial charge in [0.1, 0.15) is 12.4 Å². The highest BCUT2D eigenvalue weighted by molar-refractivity contribution is 6.33. The molecule has 0 aliphatic carbocycles. The van der Waals surface area contributed by atoms with Gasteiger partial charge in [0.25, 0.3) is 0 Å². The van der Waals surface area contributed by atoms with Crippen LogP contribution in [-0.2, 0) is 13.2 Å². The molecule has 31 heavy (non-hydrogen) atoms. The molecule has 1 heterocycles. The minimum atomic E-state index is 0.436. The largest absolute Gasteiger partial charge is 0.489 e. The van der Waals surface area contributed by atoms with Gasteiger partial charge < -0.3 is 15.0 Å². The van der Waals surface area contributed by atoms with Gasteiger partial charge in [-0.05, 0) is 73.4 Å². The fraction of sp³-hybridized carbons (Fsp3) is 0.280. The maximum atomic E-state index is 6.59. The predicted octanol–water partition coefficient (Wildman–Crippen LogP) is 7.83. The number of halogens is 3. The highest BCUT2D eigenvalue weighted by Gasteiger charge is 2.14. The lowest BCUT2D eigenvalue weighted by Gasteiger charge is -2.29. The lowest BCUT2D eigenvalue weighted by Crippen LogP contribution is -2.29. The van der Waals surface area contributed by atoms with Gasteiger partial charge in [-0.1, -0.05) is 46.9 Å². The number of hydrogen-bond donors (Lipinski definition) is 1. The van der Waals surface area contributed by atoms with Crippen LogP contribution < -0.4 is 15.0 Å². The van der Waals surface area contributed by atoms with Crippen molar-refractivity contribution in [2.45, 2.75) is 32.4 Å². The molecule has 162 valence electrons. The van der Waals surface area contributed by atoms with E-state index < -0.39 is 0 Å². The van der Waals surface area contributed by atoms with Gasteiger partial charge in [0.2, 0.25) is 0 Å². The van der Waals surface area contributed by atoms with Crippen molar-refractivity contribution in [1.29, 1.82) is 0 Å². The highest BCUT2D eigenvalue weighted by atomic mass is 35.5. The third-order valence-corrected chi connectivity index (χ3v) is 6.21. The quantitative estimate of drug-likeness (QED) is 0.377. The molecule has 3 aromatic rings. The molecule has 4 rings (SSSR count). The van der Waals surface area contributed by atoms with Gasteiger partial charge >= 0.3 is 0 Å². The second kappa shape index (κ2) is 10.5. The first-order chi connectivity index (χ1) is 15.1. The lowest BCUT2D eigenvalue weighted by molar-refractivity contribution is 0.303. The van der Waals surface area contributed by atoms with Crippen molar-refractivity contribution in [1.82, 2.24) is 0 Å². The van der Waals surface area contributed by atoms with Crippen LogP contribution in [0.15, 0.2) is 60.7 Å². The maximum Gasteiger partial charge on any atom is 0.124 e. The van der Waals surface area contributed by atoms with Crippen molar-refractivity contribution >= 4 is 46.2 Å². The van der Waals surface area contributed by atoms with Gasteiger partial charge in [0.15, 0.2) is 0 Å². The van der Waals surface area contributed by atoms with Crippen LogP contribution in [0, 0.1) is 0 Å². The van der Waals surface area contributed by atoms with Crippen molar-refractivity contribution in [3.8, 4) is 5.75 Å². The van der Waals surface area contributed by atoms with E-state index in [1.54, 1.807) is 0 Å². The van der Waals surface area contributed by atoms with Crippen molar-refractivity contribution < 1.29 is 4.74 Å². The summed E-state index contributed by atoms with van der Waals surface area (Å²) in [5, 5.41) is 5.59. The Morgan fingerprint density at radius 1 is 0.839 bits per heavy atom. The molecule has 1 N–H and O–H groups in total. The zero-order valence-corrected chi connectivity index (χ0v) is 19.5. The topological polar surface area (TPSA) is 24.5 Å². The van der Waals surface area contributed by atoms with E-state index in [0.29, 0.717) is 23.2 Å². The number of rotatable bonds is 7. The third kappa shape index (κ3) is 6.00. The van der Waals surface area contributed by atoms with Crippen molar-refractivity contribution in [2.75, 3.05) is 23.3 Å². The van der Waals surface area contributed by atoms with E-state index in [9.17, 15) is 0 Å². The standard InChI is InChI=1S/C25H25Cl3N2O/c26-20-6-4-5-18(13-20)17-31-25-10-7-21(27)14-19(25)16-29-22-8-9-24(23(28)15-22)30-11-2-1-3-12-30/h4-10,13-15,29H,1-3,11-12,16-17H2. The molecule has 0 amide bonds. The molecule has 1 aliphatic heterocycles. The second-order valence-corrected chi connectivity index (χ2v) is 9.02. The van der Waals surface area contributed by atoms with E-state index in [4.69, 9.17) is 39.5 Å². The number of piperidine rings is 1. The number of nitrogens with zero attached hydrogens (tertiary/aromatic N) is 1.